The number of allylic oxidation sites excluding steroid dienone is 6. The third-order valence-corrected chi connectivity index (χ3v) is 3.29. The maximum absolute atomic E-state index is 2.32. The minimum atomic E-state index is 0.595. The van der Waals surface area contributed by atoms with Gasteiger partial charge in [-0.15, -0.1) is 0 Å². The Kier molecular flexibility index (Phi) is 4.19. The Morgan fingerprint density at radius 2 is 1.86 bits per heavy atom. The number of rotatable bonds is 3. The molecular weight excluding hydrogens is 168 g/mol. The van der Waals surface area contributed by atoms with Gasteiger partial charge in [-0.2, -0.15) is 0 Å². The monoisotopic (exact) mass is 190 g/mol. The zero-order valence-electron chi connectivity index (χ0n) is 9.88. The summed E-state index contributed by atoms with van der Waals surface area (Å²) in [6.07, 6.45) is 11.7. The average molecular weight is 190 g/mol. The minimum absolute atomic E-state index is 0.595. The van der Waals surface area contributed by atoms with E-state index >= 15 is 0 Å². The molecule has 0 nitrogen and oxygen atoms in total. The van der Waals surface area contributed by atoms with Gasteiger partial charge in [0, 0.05) is 0 Å². The van der Waals surface area contributed by atoms with Crippen LogP contribution in [0.15, 0.2) is 35.5 Å². The van der Waals surface area contributed by atoms with Crippen molar-refractivity contribution >= 4 is 0 Å². The molecule has 1 unspecified atom stereocenters. The van der Waals surface area contributed by atoms with Crippen LogP contribution in [0.25, 0.3) is 0 Å². The molecule has 0 radical (unpaired) electrons. The first-order valence-electron chi connectivity index (χ1n) is 5.75. The molecule has 0 aromatic heterocycles. The van der Waals surface area contributed by atoms with Crippen molar-refractivity contribution in [3.8, 4) is 0 Å². The van der Waals surface area contributed by atoms with E-state index in [4.69, 9.17) is 0 Å². The molecule has 0 heteroatoms. The molecule has 1 aliphatic carbocycles. The summed E-state index contributed by atoms with van der Waals surface area (Å²) in [7, 11) is 0. The Hall–Kier alpha value is -0.780. The van der Waals surface area contributed by atoms with E-state index in [-0.39, 0.29) is 0 Å². The first kappa shape index (κ1) is 11.3. The van der Waals surface area contributed by atoms with Crippen LogP contribution in [0.1, 0.15) is 40.5 Å². The van der Waals surface area contributed by atoms with Gasteiger partial charge in [-0.3, -0.25) is 0 Å². The molecule has 0 N–H and O–H groups in total. The van der Waals surface area contributed by atoms with E-state index in [1.165, 1.54) is 24.0 Å². The Bertz CT molecular complexity index is 262. The van der Waals surface area contributed by atoms with Crippen LogP contribution in [0.5, 0.6) is 0 Å². The van der Waals surface area contributed by atoms with Crippen LogP contribution in [-0.2, 0) is 0 Å². The van der Waals surface area contributed by atoms with E-state index in [1.54, 1.807) is 0 Å². The van der Waals surface area contributed by atoms with Gasteiger partial charge in [0.1, 0.15) is 0 Å². The number of hydrogen-bond donors (Lipinski definition) is 0. The summed E-state index contributed by atoms with van der Waals surface area (Å²) in [5.74, 6) is 1.33. The molecule has 0 saturated carbocycles. The zero-order valence-corrected chi connectivity index (χ0v) is 9.88. The highest BCUT2D eigenvalue weighted by atomic mass is 14.1. The molecule has 0 aromatic carbocycles. The lowest BCUT2D eigenvalue weighted by atomic mass is 9.93. The standard InChI is InChI=1S/C14H22/c1-5-13(6-2)14-9-7-11(3)12(4)8-10-14/h7-11,13H,5-6H2,1-4H3. The third-order valence-electron chi connectivity index (χ3n) is 3.29. The van der Waals surface area contributed by atoms with Crippen molar-refractivity contribution in [2.24, 2.45) is 11.8 Å². The average Bonchev–Trinajstić information content (AvgIpc) is 2.35. The Labute approximate surface area is 88.4 Å². The van der Waals surface area contributed by atoms with E-state index in [0.29, 0.717) is 5.92 Å². The molecule has 1 rings (SSSR count). The lowest BCUT2D eigenvalue weighted by Gasteiger charge is -2.12. The summed E-state index contributed by atoms with van der Waals surface area (Å²) in [5, 5.41) is 0. The van der Waals surface area contributed by atoms with Crippen molar-refractivity contribution < 1.29 is 0 Å². The van der Waals surface area contributed by atoms with Crippen LogP contribution >= 0.6 is 0 Å². The molecule has 1 atom stereocenters. The highest BCUT2D eigenvalue weighted by Crippen LogP contribution is 2.25. The van der Waals surface area contributed by atoms with Crippen LogP contribution in [0.4, 0.5) is 0 Å². The summed E-state index contributed by atoms with van der Waals surface area (Å²) in [6.45, 7) is 9.01. The van der Waals surface area contributed by atoms with Crippen LogP contribution in [-0.4, -0.2) is 0 Å². The first-order chi connectivity index (χ1) is 6.69. The molecular formula is C14H22. The second-order valence-electron chi connectivity index (χ2n) is 4.24. The smallest absolute Gasteiger partial charge is 0.00481 e. The van der Waals surface area contributed by atoms with E-state index < -0.39 is 0 Å². The molecule has 0 heterocycles. The summed E-state index contributed by atoms with van der Waals surface area (Å²) in [5.41, 5.74) is 2.96. The second kappa shape index (κ2) is 5.19. The molecule has 1 aliphatic rings. The predicted molar refractivity (Wildman–Crippen MR) is 64.2 cm³/mol. The predicted octanol–water partition coefficient (Wildman–Crippen LogP) is 4.50. The fraction of sp³-hybridized carbons (Fsp3) is 0.571. The van der Waals surface area contributed by atoms with Crippen LogP contribution in [0.2, 0.25) is 0 Å². The van der Waals surface area contributed by atoms with Gasteiger partial charge in [-0.25, -0.2) is 0 Å². The summed E-state index contributed by atoms with van der Waals surface area (Å²) >= 11 is 0. The Balaban J connectivity index is 2.86. The lowest BCUT2D eigenvalue weighted by Crippen LogP contribution is -1.98. The summed E-state index contributed by atoms with van der Waals surface area (Å²) < 4.78 is 0. The largest absolute Gasteiger partial charge is 0.0773 e. The zero-order chi connectivity index (χ0) is 10.6. The van der Waals surface area contributed by atoms with Gasteiger partial charge in [-0.1, -0.05) is 50.6 Å². The molecule has 0 amide bonds. The second-order valence-corrected chi connectivity index (χ2v) is 4.24. The van der Waals surface area contributed by atoms with Gasteiger partial charge in [0.05, 0.1) is 0 Å². The molecule has 0 aromatic rings. The van der Waals surface area contributed by atoms with E-state index in [0.717, 1.165) is 5.92 Å². The molecule has 78 valence electrons. The van der Waals surface area contributed by atoms with E-state index in [1.807, 2.05) is 0 Å². The highest BCUT2D eigenvalue weighted by molar-refractivity contribution is 5.33. The fourth-order valence-electron chi connectivity index (χ4n) is 1.87. The Morgan fingerprint density at radius 1 is 1.21 bits per heavy atom. The van der Waals surface area contributed by atoms with Crippen molar-refractivity contribution in [1.82, 2.24) is 0 Å². The van der Waals surface area contributed by atoms with Crippen molar-refractivity contribution in [2.75, 3.05) is 0 Å². The molecule has 0 spiro atoms. The molecule has 0 aliphatic heterocycles. The van der Waals surface area contributed by atoms with Crippen LogP contribution in [0.3, 0.4) is 0 Å². The third kappa shape index (κ3) is 2.60. The topological polar surface area (TPSA) is 0 Å². The number of hydrogen-bond acceptors (Lipinski definition) is 0. The molecule has 14 heavy (non-hydrogen) atoms. The van der Waals surface area contributed by atoms with Crippen molar-refractivity contribution in [1.29, 1.82) is 0 Å². The molecule has 0 saturated heterocycles. The van der Waals surface area contributed by atoms with Crippen molar-refractivity contribution in [2.45, 2.75) is 40.5 Å². The van der Waals surface area contributed by atoms with E-state index in [9.17, 15) is 0 Å². The van der Waals surface area contributed by atoms with Gasteiger partial charge in [0.2, 0.25) is 0 Å². The molecule has 0 fully saturated rings. The maximum atomic E-state index is 2.32. The van der Waals surface area contributed by atoms with Crippen molar-refractivity contribution in [3.05, 3.63) is 35.5 Å². The first-order valence-corrected chi connectivity index (χ1v) is 5.75. The van der Waals surface area contributed by atoms with Crippen LogP contribution in [0, 0.1) is 11.8 Å². The van der Waals surface area contributed by atoms with Gasteiger partial charge in [0.15, 0.2) is 0 Å². The van der Waals surface area contributed by atoms with Gasteiger partial charge < -0.3 is 0 Å². The van der Waals surface area contributed by atoms with Gasteiger partial charge >= 0.3 is 0 Å². The lowest BCUT2D eigenvalue weighted by molar-refractivity contribution is 0.583. The van der Waals surface area contributed by atoms with Crippen molar-refractivity contribution in [3.63, 3.8) is 0 Å². The Morgan fingerprint density at radius 3 is 2.43 bits per heavy atom. The summed E-state index contributed by atoms with van der Waals surface area (Å²) in [4.78, 5) is 0. The summed E-state index contributed by atoms with van der Waals surface area (Å²) in [6, 6.07) is 0. The normalized spacial score (nSPS) is 21.9. The maximum Gasteiger partial charge on any atom is -0.00481 e. The van der Waals surface area contributed by atoms with E-state index in [2.05, 4.69) is 52.0 Å². The SMILES string of the molecule is CCC(CC)C1=CC=C(C)C(C)C=C1. The van der Waals surface area contributed by atoms with Gasteiger partial charge in [0.25, 0.3) is 0 Å². The van der Waals surface area contributed by atoms with Crippen LogP contribution < -0.4 is 0 Å². The van der Waals surface area contributed by atoms with Gasteiger partial charge in [-0.05, 0) is 37.2 Å². The molecule has 0 bridgehead atoms. The quantitative estimate of drug-likeness (QED) is 0.614. The minimum Gasteiger partial charge on any atom is -0.0773 e. The fourth-order valence-corrected chi connectivity index (χ4v) is 1.87. The highest BCUT2D eigenvalue weighted by Gasteiger charge is 2.09.